The number of ether oxygens (including phenoxy) is 2. The Hall–Kier alpha value is -0.860. The lowest BCUT2D eigenvalue weighted by Crippen LogP contribution is -2.40. The van der Waals surface area contributed by atoms with Gasteiger partial charge in [-0.25, -0.2) is 8.42 Å². The Morgan fingerprint density at radius 2 is 1.96 bits per heavy atom. The van der Waals surface area contributed by atoms with Gasteiger partial charge in [0.05, 0.1) is 18.1 Å². The molecule has 1 saturated heterocycles. The molecule has 25 heavy (non-hydrogen) atoms. The van der Waals surface area contributed by atoms with Crippen LogP contribution in [-0.4, -0.2) is 49.3 Å². The van der Waals surface area contributed by atoms with Gasteiger partial charge in [-0.3, -0.25) is 4.79 Å². The van der Waals surface area contributed by atoms with Gasteiger partial charge in [-0.15, -0.1) is 23.2 Å². The molecule has 0 unspecified atom stereocenters. The molecule has 6 nitrogen and oxygen atoms in total. The Bertz CT molecular complexity index is 776. The highest BCUT2D eigenvalue weighted by Crippen LogP contribution is 2.64. The minimum atomic E-state index is -3.59. The van der Waals surface area contributed by atoms with Gasteiger partial charge in [0.1, 0.15) is 16.4 Å². The second kappa shape index (κ2) is 6.70. The van der Waals surface area contributed by atoms with Crippen molar-refractivity contribution in [1.82, 2.24) is 4.31 Å². The number of benzene rings is 1. The highest BCUT2D eigenvalue weighted by atomic mass is 35.5. The van der Waals surface area contributed by atoms with Crippen molar-refractivity contribution in [2.24, 2.45) is 5.41 Å². The van der Waals surface area contributed by atoms with Gasteiger partial charge < -0.3 is 9.47 Å². The number of hydrogen-bond donors (Lipinski definition) is 0. The van der Waals surface area contributed by atoms with Crippen LogP contribution >= 0.6 is 23.2 Å². The molecule has 1 aliphatic heterocycles. The largest absolute Gasteiger partial charge is 0.460 e. The van der Waals surface area contributed by atoms with Crippen molar-refractivity contribution in [1.29, 1.82) is 0 Å². The van der Waals surface area contributed by atoms with Crippen molar-refractivity contribution in [3.05, 3.63) is 29.8 Å². The first-order valence-corrected chi connectivity index (χ1v) is 10.1. The van der Waals surface area contributed by atoms with E-state index in [4.69, 9.17) is 32.7 Å². The Balaban J connectivity index is 1.68. The van der Waals surface area contributed by atoms with Crippen molar-refractivity contribution in [2.45, 2.75) is 29.2 Å². The minimum Gasteiger partial charge on any atom is -0.460 e. The molecule has 1 heterocycles. The van der Waals surface area contributed by atoms with Crippen LogP contribution in [0.1, 0.15) is 18.9 Å². The summed E-state index contributed by atoms with van der Waals surface area (Å²) in [6.07, 6.45) is 0.341. The molecule has 2 aliphatic rings. The third kappa shape index (κ3) is 3.66. The molecule has 0 N–H and O–H groups in total. The lowest BCUT2D eigenvalue weighted by molar-refractivity contribution is -0.150. The maximum Gasteiger partial charge on any atom is 0.315 e. The van der Waals surface area contributed by atoms with Gasteiger partial charge in [-0.05, 0) is 24.6 Å². The normalized spacial score (nSPS) is 26.2. The average molecular weight is 408 g/mol. The Morgan fingerprint density at radius 3 is 2.56 bits per heavy atom. The number of nitrogens with zero attached hydrogens (tertiary/aromatic N) is 1. The lowest BCUT2D eigenvalue weighted by atomic mass is 10.1. The minimum absolute atomic E-state index is 0.0370. The zero-order chi connectivity index (χ0) is 18.3. The number of hydrogen-bond acceptors (Lipinski definition) is 5. The van der Waals surface area contributed by atoms with E-state index in [0.29, 0.717) is 38.3 Å². The summed E-state index contributed by atoms with van der Waals surface area (Å²) in [5.74, 6) is -0.487. The molecule has 3 rings (SSSR count). The van der Waals surface area contributed by atoms with Gasteiger partial charge in [0.25, 0.3) is 0 Å². The fraction of sp³-hybridized carbons (Fsp3) is 0.562. The molecule has 0 amide bonds. The zero-order valence-electron chi connectivity index (χ0n) is 13.7. The predicted molar refractivity (Wildman–Crippen MR) is 93.0 cm³/mol. The van der Waals surface area contributed by atoms with Crippen LogP contribution in [0.3, 0.4) is 0 Å². The van der Waals surface area contributed by atoms with Crippen LogP contribution in [0.2, 0.25) is 0 Å². The molecule has 0 radical (unpaired) electrons. The maximum atomic E-state index is 12.7. The van der Waals surface area contributed by atoms with Crippen LogP contribution in [0.5, 0.6) is 0 Å². The number of esters is 1. The van der Waals surface area contributed by atoms with Crippen LogP contribution in [-0.2, 0) is 30.9 Å². The molecule has 2 fully saturated rings. The van der Waals surface area contributed by atoms with Crippen molar-refractivity contribution in [3.63, 3.8) is 0 Å². The van der Waals surface area contributed by atoms with Gasteiger partial charge in [-0.1, -0.05) is 12.1 Å². The van der Waals surface area contributed by atoms with E-state index in [1.807, 2.05) is 0 Å². The second-order valence-corrected chi connectivity index (χ2v) is 9.88. The third-order valence-corrected chi connectivity index (χ3v) is 7.58. The summed E-state index contributed by atoms with van der Waals surface area (Å²) in [7, 11) is -3.59. The van der Waals surface area contributed by atoms with E-state index in [2.05, 4.69) is 0 Å². The second-order valence-electron chi connectivity index (χ2n) is 6.45. The van der Waals surface area contributed by atoms with Crippen LogP contribution in [0.15, 0.2) is 29.2 Å². The summed E-state index contributed by atoms with van der Waals surface area (Å²) < 4.78 is 36.1. The summed E-state index contributed by atoms with van der Waals surface area (Å²) >= 11 is 11.9. The van der Waals surface area contributed by atoms with E-state index < -0.39 is 25.7 Å². The van der Waals surface area contributed by atoms with E-state index in [9.17, 15) is 13.2 Å². The van der Waals surface area contributed by atoms with E-state index in [0.717, 1.165) is 0 Å². The van der Waals surface area contributed by atoms with Gasteiger partial charge in [0.15, 0.2) is 0 Å². The third-order valence-electron chi connectivity index (χ3n) is 4.58. The summed E-state index contributed by atoms with van der Waals surface area (Å²) in [5.41, 5.74) is -0.324. The molecule has 1 aromatic rings. The van der Waals surface area contributed by atoms with Crippen molar-refractivity contribution >= 4 is 39.2 Å². The van der Waals surface area contributed by atoms with Crippen molar-refractivity contribution in [2.75, 3.05) is 26.3 Å². The highest BCUT2D eigenvalue weighted by molar-refractivity contribution is 7.89. The van der Waals surface area contributed by atoms with E-state index in [1.165, 1.54) is 16.4 Å². The number of sulfonamides is 1. The Labute approximate surface area is 157 Å². The lowest BCUT2D eigenvalue weighted by Gasteiger charge is -2.26. The monoisotopic (exact) mass is 407 g/mol. The molecule has 1 aliphatic carbocycles. The van der Waals surface area contributed by atoms with Crippen LogP contribution in [0.25, 0.3) is 0 Å². The zero-order valence-corrected chi connectivity index (χ0v) is 16.0. The first kappa shape index (κ1) is 18.9. The average Bonchev–Trinajstić information content (AvgIpc) is 3.13. The summed E-state index contributed by atoms with van der Waals surface area (Å²) in [6, 6.07) is 6.38. The molecular formula is C16H19Cl2NO5S. The smallest absolute Gasteiger partial charge is 0.315 e. The molecule has 0 aromatic heterocycles. The SMILES string of the molecule is C[C@@]1(C(=O)OCc2cccc(S(=O)(=O)N3CCOCC3)c2)CC1(Cl)Cl. The van der Waals surface area contributed by atoms with Crippen LogP contribution < -0.4 is 0 Å². The van der Waals surface area contributed by atoms with Crippen molar-refractivity contribution in [3.8, 4) is 0 Å². The molecule has 1 atom stereocenters. The first-order valence-electron chi connectivity index (χ1n) is 7.89. The quantitative estimate of drug-likeness (QED) is 0.553. The van der Waals surface area contributed by atoms with E-state index in [-0.39, 0.29) is 11.5 Å². The van der Waals surface area contributed by atoms with Gasteiger partial charge in [-0.2, -0.15) is 4.31 Å². The van der Waals surface area contributed by atoms with E-state index >= 15 is 0 Å². The fourth-order valence-corrected chi connectivity index (χ4v) is 4.83. The first-order chi connectivity index (χ1) is 11.7. The number of rotatable bonds is 5. The maximum absolute atomic E-state index is 12.7. The van der Waals surface area contributed by atoms with Crippen molar-refractivity contribution < 1.29 is 22.7 Å². The Kier molecular flexibility index (Phi) is 5.07. The predicted octanol–water partition coefficient (Wildman–Crippen LogP) is 2.33. The number of alkyl halides is 2. The number of carbonyl (C=O) groups is 1. The molecule has 1 aromatic carbocycles. The number of halogens is 2. The summed E-state index contributed by atoms with van der Waals surface area (Å²) in [5, 5.41) is 0. The molecule has 138 valence electrons. The number of morpholine rings is 1. The summed E-state index contributed by atoms with van der Waals surface area (Å²) in [6.45, 7) is 3.03. The van der Waals surface area contributed by atoms with Gasteiger partial charge in [0.2, 0.25) is 10.0 Å². The standard InChI is InChI=1S/C16H19Cl2NO5S/c1-15(11-16(15,17)18)14(20)24-10-12-3-2-4-13(9-12)25(21,22)19-5-7-23-8-6-19/h2-4,9H,5-8,10-11H2,1H3/t15-/m0/s1. The molecule has 0 bridgehead atoms. The van der Waals surface area contributed by atoms with Gasteiger partial charge in [0, 0.05) is 19.5 Å². The molecule has 0 spiro atoms. The molecule has 9 heteroatoms. The van der Waals surface area contributed by atoms with Gasteiger partial charge >= 0.3 is 5.97 Å². The van der Waals surface area contributed by atoms with Crippen LogP contribution in [0.4, 0.5) is 0 Å². The molecular weight excluding hydrogens is 389 g/mol. The fourth-order valence-electron chi connectivity index (χ4n) is 2.66. The van der Waals surface area contributed by atoms with Crippen LogP contribution in [0, 0.1) is 5.41 Å². The highest BCUT2D eigenvalue weighted by Gasteiger charge is 2.69. The Morgan fingerprint density at radius 1 is 1.32 bits per heavy atom. The summed E-state index contributed by atoms with van der Waals surface area (Å²) in [4.78, 5) is 12.3. The molecule has 1 saturated carbocycles. The topological polar surface area (TPSA) is 72.9 Å². The van der Waals surface area contributed by atoms with E-state index in [1.54, 1.807) is 19.1 Å². The number of carbonyl (C=O) groups excluding carboxylic acids is 1.